The number of ether oxygens (including phenoxy) is 2. The number of phenols is 1. The number of halogens is 1. The van der Waals surface area contributed by atoms with Crippen LogP contribution in [0, 0.1) is 23.7 Å². The number of amides is 4. The van der Waals surface area contributed by atoms with Crippen molar-refractivity contribution in [2.45, 2.75) is 24.2 Å². The van der Waals surface area contributed by atoms with Gasteiger partial charge in [-0.2, -0.15) is 0 Å². The minimum atomic E-state index is -1.51. The molecule has 274 valence electrons. The normalized spacial score (nSPS) is 27.8. The van der Waals surface area contributed by atoms with Gasteiger partial charge in [-0.15, -0.1) is 0 Å². The van der Waals surface area contributed by atoms with E-state index in [1.54, 1.807) is 36.4 Å². The molecule has 0 unspecified atom stereocenters. The number of hydrogen-bond acceptors (Lipinski definition) is 8. The summed E-state index contributed by atoms with van der Waals surface area (Å²) in [7, 11) is 1.52. The SMILES string of the molecule is COc1ccc(O)c([C@H]2C3=CC[C@@H]4C(=O)N(c5ccc(N6CCOCC6)cc5)C(=O)[C@@H]4[C@@H]3C[C@H]3C(=O)N(c4cccc(Cl)c4)C(=O)[C@@]23c2ccccc2)c1. The number of allylic oxidation sites excluding steroid dienone is 2. The summed E-state index contributed by atoms with van der Waals surface area (Å²) in [6.07, 6.45) is 2.39. The molecule has 9 rings (SSSR count). The molecule has 4 fully saturated rings. The average Bonchev–Trinajstić information content (AvgIpc) is 3.59. The lowest BCUT2D eigenvalue weighted by Crippen LogP contribution is -2.53. The van der Waals surface area contributed by atoms with Gasteiger partial charge in [-0.3, -0.25) is 24.1 Å². The molecule has 0 aromatic heterocycles. The van der Waals surface area contributed by atoms with Crippen molar-refractivity contribution in [3.63, 3.8) is 0 Å². The number of carbonyl (C=O) groups is 4. The molecule has 0 bridgehead atoms. The maximum absolute atomic E-state index is 15.4. The third-order valence-electron chi connectivity index (χ3n) is 12.2. The topological polar surface area (TPSA) is 117 Å². The van der Waals surface area contributed by atoms with Crippen LogP contribution in [0.25, 0.3) is 0 Å². The zero-order chi connectivity index (χ0) is 37.3. The zero-order valence-corrected chi connectivity index (χ0v) is 30.3. The molecule has 2 aliphatic carbocycles. The van der Waals surface area contributed by atoms with Crippen molar-refractivity contribution in [1.82, 2.24) is 0 Å². The Hall–Kier alpha value is -5.45. The Morgan fingerprint density at radius 3 is 2.24 bits per heavy atom. The first-order valence-electron chi connectivity index (χ1n) is 18.3. The molecule has 4 aromatic rings. The highest BCUT2D eigenvalue weighted by molar-refractivity contribution is 6.32. The van der Waals surface area contributed by atoms with E-state index in [2.05, 4.69) is 4.90 Å². The number of methoxy groups -OCH3 is 1. The van der Waals surface area contributed by atoms with Crippen LogP contribution in [0.5, 0.6) is 11.5 Å². The van der Waals surface area contributed by atoms with Crippen LogP contribution < -0.4 is 19.4 Å². The van der Waals surface area contributed by atoms with Crippen molar-refractivity contribution in [3.05, 3.63) is 125 Å². The molecular formula is C43H38ClN3O7. The van der Waals surface area contributed by atoms with Crippen LogP contribution in [-0.4, -0.2) is 62.1 Å². The van der Waals surface area contributed by atoms with E-state index in [0.717, 1.165) is 24.4 Å². The number of imide groups is 2. The lowest BCUT2D eigenvalue weighted by Gasteiger charge is -2.50. The Bertz CT molecular complexity index is 2220. The highest BCUT2D eigenvalue weighted by Crippen LogP contribution is 2.65. The third kappa shape index (κ3) is 5.03. The summed E-state index contributed by atoms with van der Waals surface area (Å²) in [6.45, 7) is 2.79. The molecule has 5 aliphatic rings. The second-order valence-electron chi connectivity index (χ2n) is 14.6. The van der Waals surface area contributed by atoms with Crippen LogP contribution in [0.15, 0.2) is 109 Å². The molecule has 0 radical (unpaired) electrons. The van der Waals surface area contributed by atoms with Crippen molar-refractivity contribution >= 4 is 52.3 Å². The molecular weight excluding hydrogens is 706 g/mol. The van der Waals surface area contributed by atoms with Crippen molar-refractivity contribution in [1.29, 1.82) is 0 Å². The maximum Gasteiger partial charge on any atom is 0.246 e. The largest absolute Gasteiger partial charge is 0.508 e. The van der Waals surface area contributed by atoms with E-state index in [-0.39, 0.29) is 30.4 Å². The van der Waals surface area contributed by atoms with Gasteiger partial charge >= 0.3 is 0 Å². The van der Waals surface area contributed by atoms with Gasteiger partial charge in [0.1, 0.15) is 11.5 Å². The maximum atomic E-state index is 15.4. The molecule has 6 atom stereocenters. The number of hydrogen-bond donors (Lipinski definition) is 1. The predicted molar refractivity (Wildman–Crippen MR) is 203 cm³/mol. The average molecular weight is 744 g/mol. The molecule has 4 amide bonds. The molecule has 54 heavy (non-hydrogen) atoms. The minimum absolute atomic E-state index is 0.0733. The van der Waals surface area contributed by atoms with Crippen molar-refractivity contribution < 1.29 is 33.8 Å². The van der Waals surface area contributed by atoms with E-state index in [1.807, 2.05) is 60.7 Å². The number of anilines is 3. The molecule has 3 aliphatic heterocycles. The van der Waals surface area contributed by atoms with Crippen molar-refractivity contribution in [3.8, 4) is 11.5 Å². The Balaban J connectivity index is 1.19. The number of rotatable bonds is 6. The van der Waals surface area contributed by atoms with Gasteiger partial charge in [-0.1, -0.05) is 59.6 Å². The first-order valence-corrected chi connectivity index (χ1v) is 18.7. The summed E-state index contributed by atoms with van der Waals surface area (Å²) >= 11 is 6.42. The number of fused-ring (bicyclic) bond motifs is 4. The molecule has 1 saturated carbocycles. The molecule has 3 saturated heterocycles. The van der Waals surface area contributed by atoms with E-state index in [1.165, 1.54) is 23.0 Å². The van der Waals surface area contributed by atoms with E-state index >= 15 is 4.79 Å². The molecule has 1 N–H and O–H groups in total. The fourth-order valence-electron chi connectivity index (χ4n) is 9.87. The van der Waals surface area contributed by atoms with Crippen molar-refractivity contribution in [2.24, 2.45) is 23.7 Å². The van der Waals surface area contributed by atoms with Crippen LogP contribution in [-0.2, 0) is 29.3 Å². The molecule has 11 heteroatoms. The summed E-state index contributed by atoms with van der Waals surface area (Å²) in [4.78, 5) is 64.1. The van der Waals surface area contributed by atoms with E-state index in [9.17, 15) is 19.5 Å². The second kappa shape index (κ2) is 13.1. The summed E-state index contributed by atoms with van der Waals surface area (Å²) in [5.41, 5.74) is 2.07. The summed E-state index contributed by atoms with van der Waals surface area (Å²) in [5.74, 6) is -4.93. The Morgan fingerprint density at radius 1 is 0.778 bits per heavy atom. The fourth-order valence-corrected chi connectivity index (χ4v) is 10.1. The molecule has 10 nitrogen and oxygen atoms in total. The van der Waals surface area contributed by atoms with Gasteiger partial charge < -0.3 is 19.5 Å². The molecule has 0 spiro atoms. The number of nitrogens with zero attached hydrogens (tertiary/aromatic N) is 3. The van der Waals surface area contributed by atoms with Gasteiger partial charge in [0.05, 0.1) is 54.9 Å². The monoisotopic (exact) mass is 743 g/mol. The lowest BCUT2D eigenvalue weighted by atomic mass is 9.49. The summed E-state index contributed by atoms with van der Waals surface area (Å²) < 4.78 is 11.1. The number of aromatic hydroxyl groups is 1. The second-order valence-corrected chi connectivity index (χ2v) is 15.1. The van der Waals surface area contributed by atoms with Gasteiger partial charge in [0.25, 0.3) is 0 Å². The third-order valence-corrected chi connectivity index (χ3v) is 12.4. The Labute approximate surface area is 317 Å². The Morgan fingerprint density at radius 2 is 1.52 bits per heavy atom. The van der Waals surface area contributed by atoms with Gasteiger partial charge in [-0.25, -0.2) is 4.90 Å². The number of morpholine rings is 1. The van der Waals surface area contributed by atoms with Gasteiger partial charge in [0.2, 0.25) is 23.6 Å². The minimum Gasteiger partial charge on any atom is -0.508 e. The predicted octanol–water partition coefficient (Wildman–Crippen LogP) is 6.26. The quantitative estimate of drug-likeness (QED) is 0.182. The van der Waals surface area contributed by atoms with Gasteiger partial charge in [0.15, 0.2) is 0 Å². The number of carbonyl (C=O) groups excluding carboxylic acids is 4. The molecule has 4 aromatic carbocycles. The Kier molecular flexibility index (Phi) is 8.35. The van der Waals surface area contributed by atoms with Crippen LogP contribution in [0.3, 0.4) is 0 Å². The van der Waals surface area contributed by atoms with Gasteiger partial charge in [0, 0.05) is 35.3 Å². The highest BCUT2D eigenvalue weighted by atomic mass is 35.5. The smallest absolute Gasteiger partial charge is 0.246 e. The first-order chi connectivity index (χ1) is 26.2. The van der Waals surface area contributed by atoms with Gasteiger partial charge in [-0.05, 0) is 85.0 Å². The molecule has 3 heterocycles. The number of phenolic OH excluding ortho intramolecular Hbond substituents is 1. The van der Waals surface area contributed by atoms with Crippen LogP contribution in [0.4, 0.5) is 17.1 Å². The van der Waals surface area contributed by atoms with Crippen LogP contribution in [0.2, 0.25) is 5.02 Å². The van der Waals surface area contributed by atoms with Crippen LogP contribution >= 0.6 is 11.6 Å². The van der Waals surface area contributed by atoms with E-state index in [0.29, 0.717) is 46.5 Å². The van der Waals surface area contributed by atoms with Crippen molar-refractivity contribution in [2.75, 3.05) is 48.1 Å². The van der Waals surface area contributed by atoms with E-state index < -0.39 is 46.8 Å². The fraction of sp³-hybridized carbons (Fsp3) is 0.302. The summed E-state index contributed by atoms with van der Waals surface area (Å²) in [5, 5.41) is 12.0. The first kappa shape index (κ1) is 34.3. The lowest BCUT2D eigenvalue weighted by molar-refractivity contribution is -0.127. The summed E-state index contributed by atoms with van der Waals surface area (Å²) in [6, 6.07) is 28.2. The highest BCUT2D eigenvalue weighted by Gasteiger charge is 2.70. The standard InChI is InChI=1S/C43H38ClN3O7/c1-53-30-14-17-36(48)34(23-30)38-31-15-16-32-37(41(51)46(39(32)49)28-12-10-27(11-13-28)45-18-20-54-21-19-45)33(31)24-35-40(50)47(29-9-5-8-26(44)22-29)42(52)43(35,38)25-6-3-2-4-7-25/h2-15,17,22-23,32-33,35,37-38,48H,16,18-21,24H2,1H3/t32-,33+,35-,37-,38+,43+/m0/s1. The van der Waals surface area contributed by atoms with Crippen LogP contribution in [0.1, 0.15) is 29.9 Å². The number of benzene rings is 4. The zero-order valence-electron chi connectivity index (χ0n) is 29.6. The van der Waals surface area contributed by atoms with E-state index in [4.69, 9.17) is 21.1 Å².